The number of hydrogen-bond donors (Lipinski definition) is 1. The molecule has 0 saturated carbocycles. The van der Waals surface area contributed by atoms with E-state index in [1.54, 1.807) is 0 Å². The Morgan fingerprint density at radius 2 is 1.93 bits per heavy atom. The molecule has 2 N–H and O–H groups in total. The van der Waals surface area contributed by atoms with Crippen LogP contribution >= 0.6 is 0 Å². The Hall–Kier alpha value is -0.120. The normalized spacial score (nSPS) is 31.9. The topological polar surface area (TPSA) is 38.5 Å². The summed E-state index contributed by atoms with van der Waals surface area (Å²) in [6.07, 6.45) is 6.67. The largest absolute Gasteiger partial charge is 0.377 e. The lowest BCUT2D eigenvalue weighted by atomic mass is 10.0. The van der Waals surface area contributed by atoms with E-state index in [1.165, 1.54) is 32.4 Å². The van der Waals surface area contributed by atoms with Gasteiger partial charge in [0.15, 0.2) is 0 Å². The maximum Gasteiger partial charge on any atom is 0.0702 e. The summed E-state index contributed by atoms with van der Waals surface area (Å²) in [5.41, 5.74) is 5.87. The molecule has 0 aromatic rings. The molecule has 2 heterocycles. The van der Waals surface area contributed by atoms with Crippen LogP contribution in [0.5, 0.6) is 0 Å². The van der Waals surface area contributed by atoms with E-state index >= 15 is 0 Å². The second-order valence-electron chi connectivity index (χ2n) is 4.63. The molecule has 0 aliphatic carbocycles. The van der Waals surface area contributed by atoms with Crippen molar-refractivity contribution in [3.05, 3.63) is 0 Å². The van der Waals surface area contributed by atoms with E-state index in [2.05, 4.69) is 4.90 Å². The van der Waals surface area contributed by atoms with Crippen LogP contribution in [0.3, 0.4) is 0 Å². The minimum atomic E-state index is 0.443. The van der Waals surface area contributed by atoms with Crippen molar-refractivity contribution in [1.82, 2.24) is 4.90 Å². The molecule has 1 atom stereocenters. The van der Waals surface area contributed by atoms with Gasteiger partial charge in [0.05, 0.1) is 6.10 Å². The summed E-state index contributed by atoms with van der Waals surface area (Å²) in [6.45, 7) is 4.44. The highest BCUT2D eigenvalue weighted by Gasteiger charge is 2.21. The standard InChI is InChI=1S/C11H22N2O/c12-10-4-6-13(7-5-10)9-11-3-1-2-8-14-11/h10-11H,1-9,12H2. The predicted molar refractivity (Wildman–Crippen MR) is 57.2 cm³/mol. The first-order chi connectivity index (χ1) is 6.84. The Bertz CT molecular complexity index is 161. The first-order valence-corrected chi connectivity index (χ1v) is 5.94. The van der Waals surface area contributed by atoms with Gasteiger partial charge in [0.25, 0.3) is 0 Å². The van der Waals surface area contributed by atoms with Gasteiger partial charge in [0.1, 0.15) is 0 Å². The summed E-state index contributed by atoms with van der Waals surface area (Å²) < 4.78 is 5.73. The minimum absolute atomic E-state index is 0.443. The quantitative estimate of drug-likeness (QED) is 0.719. The second-order valence-corrected chi connectivity index (χ2v) is 4.63. The molecule has 2 saturated heterocycles. The lowest BCUT2D eigenvalue weighted by Gasteiger charge is -2.34. The van der Waals surface area contributed by atoms with Gasteiger partial charge in [0.2, 0.25) is 0 Å². The van der Waals surface area contributed by atoms with Gasteiger partial charge in [-0.2, -0.15) is 0 Å². The van der Waals surface area contributed by atoms with Gasteiger partial charge in [0, 0.05) is 19.2 Å². The Morgan fingerprint density at radius 1 is 1.14 bits per heavy atom. The van der Waals surface area contributed by atoms with Crippen molar-refractivity contribution in [2.24, 2.45) is 5.73 Å². The van der Waals surface area contributed by atoms with Gasteiger partial charge in [-0.25, -0.2) is 0 Å². The molecule has 3 nitrogen and oxygen atoms in total. The van der Waals surface area contributed by atoms with Gasteiger partial charge in [-0.1, -0.05) is 0 Å². The molecule has 2 aliphatic heterocycles. The second kappa shape index (κ2) is 5.10. The van der Waals surface area contributed by atoms with Crippen molar-refractivity contribution < 1.29 is 4.74 Å². The monoisotopic (exact) mass is 198 g/mol. The third-order valence-electron chi connectivity index (χ3n) is 3.37. The van der Waals surface area contributed by atoms with Gasteiger partial charge >= 0.3 is 0 Å². The molecule has 2 rings (SSSR count). The minimum Gasteiger partial charge on any atom is -0.377 e. The Labute approximate surface area is 86.6 Å². The summed E-state index contributed by atoms with van der Waals surface area (Å²) >= 11 is 0. The van der Waals surface area contributed by atoms with Crippen LogP contribution in [0, 0.1) is 0 Å². The zero-order chi connectivity index (χ0) is 9.80. The smallest absolute Gasteiger partial charge is 0.0702 e. The lowest BCUT2D eigenvalue weighted by molar-refractivity contribution is -0.00936. The van der Waals surface area contributed by atoms with Gasteiger partial charge < -0.3 is 15.4 Å². The maximum atomic E-state index is 5.87. The molecule has 82 valence electrons. The third kappa shape index (κ3) is 2.94. The van der Waals surface area contributed by atoms with Crippen LogP contribution in [-0.2, 0) is 4.74 Å². The number of nitrogens with two attached hydrogens (primary N) is 1. The van der Waals surface area contributed by atoms with Crippen LogP contribution in [-0.4, -0.2) is 43.3 Å². The first-order valence-electron chi connectivity index (χ1n) is 5.94. The molecule has 0 amide bonds. The predicted octanol–water partition coefficient (Wildman–Crippen LogP) is 0.979. The molecule has 0 aromatic carbocycles. The first kappa shape index (κ1) is 10.4. The molecule has 0 aromatic heterocycles. The van der Waals surface area contributed by atoms with Crippen molar-refractivity contribution >= 4 is 0 Å². The van der Waals surface area contributed by atoms with Crippen LogP contribution in [0.1, 0.15) is 32.1 Å². The SMILES string of the molecule is NC1CCN(CC2CCCCO2)CC1. The highest BCUT2D eigenvalue weighted by atomic mass is 16.5. The molecule has 1 unspecified atom stereocenters. The Morgan fingerprint density at radius 3 is 2.57 bits per heavy atom. The Balaban J connectivity index is 1.68. The molecule has 2 aliphatic rings. The number of nitrogens with zero attached hydrogens (tertiary/aromatic N) is 1. The number of piperidine rings is 1. The summed E-state index contributed by atoms with van der Waals surface area (Å²) in [5, 5.41) is 0. The zero-order valence-electron chi connectivity index (χ0n) is 8.95. The van der Waals surface area contributed by atoms with Crippen LogP contribution < -0.4 is 5.73 Å². The highest BCUT2D eigenvalue weighted by Crippen LogP contribution is 2.16. The fraction of sp³-hybridized carbons (Fsp3) is 1.00. The maximum absolute atomic E-state index is 5.87. The molecular weight excluding hydrogens is 176 g/mol. The molecule has 0 radical (unpaired) electrons. The lowest BCUT2D eigenvalue weighted by Crippen LogP contribution is -2.44. The molecule has 0 bridgehead atoms. The van der Waals surface area contributed by atoms with Crippen LogP contribution in [0.15, 0.2) is 0 Å². The summed E-state index contributed by atoms with van der Waals surface area (Å²) in [7, 11) is 0. The van der Waals surface area contributed by atoms with Gasteiger partial charge in [-0.05, 0) is 45.2 Å². The van der Waals surface area contributed by atoms with E-state index in [-0.39, 0.29) is 0 Å². The fourth-order valence-electron chi connectivity index (χ4n) is 2.37. The molecule has 2 fully saturated rings. The molecule has 3 heteroatoms. The van der Waals surface area contributed by atoms with Crippen LogP contribution in [0.2, 0.25) is 0 Å². The van der Waals surface area contributed by atoms with E-state index in [1.807, 2.05) is 0 Å². The van der Waals surface area contributed by atoms with Crippen molar-refractivity contribution in [1.29, 1.82) is 0 Å². The van der Waals surface area contributed by atoms with E-state index < -0.39 is 0 Å². The van der Waals surface area contributed by atoms with Crippen molar-refractivity contribution in [3.63, 3.8) is 0 Å². The summed E-state index contributed by atoms with van der Waals surface area (Å²) in [5.74, 6) is 0. The fourth-order valence-corrected chi connectivity index (χ4v) is 2.37. The number of likely N-dealkylation sites (tertiary alicyclic amines) is 1. The van der Waals surface area contributed by atoms with E-state index in [4.69, 9.17) is 10.5 Å². The average molecular weight is 198 g/mol. The van der Waals surface area contributed by atoms with Crippen molar-refractivity contribution in [3.8, 4) is 0 Å². The van der Waals surface area contributed by atoms with Crippen LogP contribution in [0.25, 0.3) is 0 Å². The summed E-state index contributed by atoms with van der Waals surface area (Å²) in [4.78, 5) is 2.51. The molecular formula is C11H22N2O. The van der Waals surface area contributed by atoms with Gasteiger partial charge in [-0.15, -0.1) is 0 Å². The van der Waals surface area contributed by atoms with E-state index in [0.29, 0.717) is 12.1 Å². The third-order valence-corrected chi connectivity index (χ3v) is 3.37. The molecule has 14 heavy (non-hydrogen) atoms. The number of rotatable bonds is 2. The average Bonchev–Trinajstić information content (AvgIpc) is 2.23. The number of ether oxygens (including phenoxy) is 1. The Kier molecular flexibility index (Phi) is 3.79. The van der Waals surface area contributed by atoms with Crippen molar-refractivity contribution in [2.75, 3.05) is 26.2 Å². The van der Waals surface area contributed by atoms with Crippen LogP contribution in [0.4, 0.5) is 0 Å². The molecule has 0 spiro atoms. The van der Waals surface area contributed by atoms with E-state index in [9.17, 15) is 0 Å². The summed E-state index contributed by atoms with van der Waals surface area (Å²) in [6, 6.07) is 0.443. The highest BCUT2D eigenvalue weighted by molar-refractivity contribution is 4.77. The van der Waals surface area contributed by atoms with Gasteiger partial charge in [-0.3, -0.25) is 0 Å². The van der Waals surface area contributed by atoms with Crippen molar-refractivity contribution in [2.45, 2.75) is 44.2 Å². The zero-order valence-corrected chi connectivity index (χ0v) is 8.95. The van der Waals surface area contributed by atoms with E-state index in [0.717, 1.165) is 26.0 Å². The number of hydrogen-bond acceptors (Lipinski definition) is 3.